The van der Waals surface area contributed by atoms with E-state index in [0.29, 0.717) is 28.9 Å². The Labute approximate surface area is 215 Å². The molecular weight excluding hydrogens is 487 g/mol. The van der Waals surface area contributed by atoms with Gasteiger partial charge in [0.25, 0.3) is 0 Å². The second-order valence-corrected chi connectivity index (χ2v) is 10.2. The van der Waals surface area contributed by atoms with Crippen molar-refractivity contribution in [1.29, 1.82) is 0 Å². The van der Waals surface area contributed by atoms with Gasteiger partial charge in [0.2, 0.25) is 11.8 Å². The van der Waals surface area contributed by atoms with Crippen LogP contribution in [0.3, 0.4) is 0 Å². The van der Waals surface area contributed by atoms with Gasteiger partial charge in [-0.05, 0) is 67.5 Å². The molecule has 0 aromatic heterocycles. The van der Waals surface area contributed by atoms with Crippen LogP contribution in [0.5, 0.6) is 0 Å². The molecule has 8 heteroatoms. The first-order valence-electron chi connectivity index (χ1n) is 12.1. The van der Waals surface area contributed by atoms with E-state index in [0.717, 1.165) is 24.0 Å². The van der Waals surface area contributed by atoms with E-state index in [1.54, 1.807) is 6.92 Å². The van der Waals surface area contributed by atoms with Crippen LogP contribution in [-0.4, -0.2) is 42.4 Å². The first-order chi connectivity index (χ1) is 16.9. The van der Waals surface area contributed by atoms with Crippen LogP contribution in [0.4, 0.5) is 0 Å². The summed E-state index contributed by atoms with van der Waals surface area (Å²) in [4.78, 5) is 40.0. The summed E-state index contributed by atoms with van der Waals surface area (Å²) in [6, 6.07) is 15.2. The third-order valence-corrected chi connectivity index (χ3v) is 7.18. The normalized spacial score (nSPS) is 22.1. The zero-order valence-electron chi connectivity index (χ0n) is 19.7. The Bertz CT molecular complexity index is 1070. The van der Waals surface area contributed by atoms with Gasteiger partial charge in [-0.2, -0.15) is 0 Å². The van der Waals surface area contributed by atoms with Crippen molar-refractivity contribution in [2.24, 2.45) is 11.8 Å². The van der Waals surface area contributed by atoms with E-state index < -0.39 is 11.9 Å². The van der Waals surface area contributed by atoms with Crippen molar-refractivity contribution < 1.29 is 19.1 Å². The van der Waals surface area contributed by atoms with E-state index in [2.05, 4.69) is 5.32 Å². The number of nitrogens with one attached hydrogen (secondary N) is 1. The molecule has 2 fully saturated rings. The largest absolute Gasteiger partial charge is 0.465 e. The lowest BCUT2D eigenvalue weighted by Crippen LogP contribution is -2.49. The zero-order chi connectivity index (χ0) is 24.9. The van der Waals surface area contributed by atoms with Gasteiger partial charge in [-0.15, -0.1) is 0 Å². The molecule has 2 amide bonds. The van der Waals surface area contributed by atoms with Crippen LogP contribution in [0.15, 0.2) is 48.5 Å². The summed E-state index contributed by atoms with van der Waals surface area (Å²) in [7, 11) is 0. The molecule has 1 heterocycles. The summed E-state index contributed by atoms with van der Waals surface area (Å²) in [5, 5.41) is 3.87. The highest BCUT2D eigenvalue weighted by Crippen LogP contribution is 2.48. The molecule has 2 unspecified atom stereocenters. The number of carbonyl (C=O) groups is 3. The minimum atomic E-state index is -0.497. The Kier molecular flexibility index (Phi) is 8.34. The summed E-state index contributed by atoms with van der Waals surface area (Å²) >= 11 is 12.5. The van der Waals surface area contributed by atoms with Crippen LogP contribution >= 0.6 is 23.2 Å². The monoisotopic (exact) mass is 516 g/mol. The van der Waals surface area contributed by atoms with Gasteiger partial charge in [-0.3, -0.25) is 14.4 Å². The molecule has 4 rings (SSSR count). The fraction of sp³-hybridized carbons (Fsp3) is 0.444. The van der Waals surface area contributed by atoms with E-state index in [-0.39, 0.29) is 43.3 Å². The van der Waals surface area contributed by atoms with Crippen molar-refractivity contribution in [3.8, 4) is 0 Å². The van der Waals surface area contributed by atoms with Crippen molar-refractivity contribution >= 4 is 41.0 Å². The molecular formula is C27H30Cl2N2O4. The number of piperidine rings is 1. The Morgan fingerprint density at radius 2 is 1.80 bits per heavy atom. The highest BCUT2D eigenvalue weighted by molar-refractivity contribution is 6.30. The fourth-order valence-corrected chi connectivity index (χ4v) is 5.21. The lowest BCUT2D eigenvalue weighted by atomic mass is 9.74. The molecule has 35 heavy (non-hydrogen) atoms. The van der Waals surface area contributed by atoms with Crippen LogP contribution in [0.1, 0.15) is 55.7 Å². The predicted molar refractivity (Wildman–Crippen MR) is 135 cm³/mol. The molecule has 1 saturated heterocycles. The van der Waals surface area contributed by atoms with Gasteiger partial charge < -0.3 is 15.0 Å². The van der Waals surface area contributed by atoms with E-state index in [1.807, 2.05) is 53.4 Å². The number of amides is 2. The summed E-state index contributed by atoms with van der Waals surface area (Å²) in [5.74, 6) is -0.924. The van der Waals surface area contributed by atoms with Gasteiger partial charge in [0, 0.05) is 34.8 Å². The fourth-order valence-electron chi connectivity index (χ4n) is 4.88. The first kappa shape index (κ1) is 25.5. The summed E-state index contributed by atoms with van der Waals surface area (Å²) < 4.78 is 4.88. The summed E-state index contributed by atoms with van der Waals surface area (Å²) in [6.07, 6.45) is 2.72. The summed E-state index contributed by atoms with van der Waals surface area (Å²) in [5.41, 5.74) is 2.04. The van der Waals surface area contributed by atoms with Crippen LogP contribution in [0.25, 0.3) is 0 Å². The quantitative estimate of drug-likeness (QED) is 0.467. The van der Waals surface area contributed by atoms with E-state index in [1.165, 1.54) is 0 Å². The molecule has 2 aromatic carbocycles. The lowest BCUT2D eigenvalue weighted by Gasteiger charge is -2.45. The Hall–Kier alpha value is -2.57. The van der Waals surface area contributed by atoms with Crippen molar-refractivity contribution in [2.75, 3.05) is 19.7 Å². The van der Waals surface area contributed by atoms with Crippen LogP contribution in [0, 0.1) is 11.8 Å². The molecule has 186 valence electrons. The number of hydrogen-bond donors (Lipinski definition) is 1. The smallest absolute Gasteiger partial charge is 0.325 e. The maximum absolute atomic E-state index is 13.8. The number of likely N-dealkylation sites (tertiary alicyclic amines) is 1. The molecule has 0 bridgehead atoms. The minimum absolute atomic E-state index is 0.0177. The van der Waals surface area contributed by atoms with Gasteiger partial charge in [-0.1, -0.05) is 47.5 Å². The van der Waals surface area contributed by atoms with Crippen molar-refractivity contribution in [3.63, 3.8) is 0 Å². The van der Waals surface area contributed by atoms with Crippen molar-refractivity contribution in [1.82, 2.24) is 10.2 Å². The maximum atomic E-state index is 13.8. The molecule has 1 saturated carbocycles. The average molecular weight is 517 g/mol. The first-order valence-corrected chi connectivity index (χ1v) is 12.8. The number of hydrogen-bond acceptors (Lipinski definition) is 4. The highest BCUT2D eigenvalue weighted by Gasteiger charge is 2.45. The number of rotatable bonds is 9. The van der Waals surface area contributed by atoms with Gasteiger partial charge in [0.05, 0.1) is 12.6 Å². The summed E-state index contributed by atoms with van der Waals surface area (Å²) in [6.45, 7) is 2.41. The van der Waals surface area contributed by atoms with Crippen molar-refractivity contribution in [2.45, 2.75) is 44.6 Å². The van der Waals surface area contributed by atoms with E-state index in [9.17, 15) is 14.4 Å². The molecule has 1 aliphatic heterocycles. The second kappa shape index (κ2) is 11.4. The van der Waals surface area contributed by atoms with Crippen LogP contribution < -0.4 is 5.32 Å². The number of nitrogens with zero attached hydrogens (tertiary/aromatic N) is 1. The third-order valence-electron chi connectivity index (χ3n) is 6.69. The molecule has 0 spiro atoms. The van der Waals surface area contributed by atoms with Gasteiger partial charge in [-0.25, -0.2) is 0 Å². The molecule has 3 atom stereocenters. The minimum Gasteiger partial charge on any atom is -0.465 e. The number of halogens is 2. The zero-order valence-corrected chi connectivity index (χ0v) is 21.2. The Balaban J connectivity index is 1.63. The van der Waals surface area contributed by atoms with Gasteiger partial charge in [0.1, 0.15) is 6.54 Å². The molecule has 2 aromatic rings. The lowest BCUT2D eigenvalue weighted by molar-refractivity contribution is -0.146. The predicted octanol–water partition coefficient (Wildman–Crippen LogP) is 5.15. The molecule has 2 aliphatic rings. The SMILES string of the molecule is CCOC(=O)CNC(=O)C[C@H]1CC(c2cccc(Cl)c2)C(c2ccc(Cl)cc2)N(CC2CC2)C1=O. The van der Waals surface area contributed by atoms with Crippen molar-refractivity contribution in [3.05, 3.63) is 69.7 Å². The van der Waals surface area contributed by atoms with Gasteiger partial charge in [0.15, 0.2) is 0 Å². The Morgan fingerprint density at radius 1 is 1.06 bits per heavy atom. The second-order valence-electron chi connectivity index (χ2n) is 9.31. The molecule has 1 N–H and O–H groups in total. The average Bonchev–Trinajstić information content (AvgIpc) is 3.65. The highest BCUT2D eigenvalue weighted by atomic mass is 35.5. The number of ether oxygens (including phenoxy) is 1. The third kappa shape index (κ3) is 6.56. The van der Waals surface area contributed by atoms with Gasteiger partial charge >= 0.3 is 5.97 Å². The number of benzene rings is 2. The van der Waals surface area contributed by atoms with E-state index in [4.69, 9.17) is 27.9 Å². The molecule has 6 nitrogen and oxygen atoms in total. The van der Waals surface area contributed by atoms with E-state index >= 15 is 0 Å². The number of esters is 1. The van der Waals surface area contributed by atoms with Crippen LogP contribution in [-0.2, 0) is 19.1 Å². The topological polar surface area (TPSA) is 75.7 Å². The standard InChI is InChI=1S/C27H30Cl2N2O4/c1-2-35-25(33)15-30-24(32)14-20-13-23(19-4-3-5-22(29)12-19)26(18-8-10-21(28)11-9-18)31(27(20)34)16-17-6-7-17/h3-5,8-12,17,20,23,26H,2,6-7,13-16H2,1H3,(H,30,32)/t20-,23?,26?/m1/s1. The molecule has 0 radical (unpaired) electrons. The Morgan fingerprint density at radius 3 is 2.46 bits per heavy atom. The molecule has 1 aliphatic carbocycles. The van der Waals surface area contributed by atoms with Crippen LogP contribution in [0.2, 0.25) is 10.0 Å². The number of carbonyl (C=O) groups excluding carboxylic acids is 3. The maximum Gasteiger partial charge on any atom is 0.325 e.